The summed E-state index contributed by atoms with van der Waals surface area (Å²) < 4.78 is 10.5. The Morgan fingerprint density at radius 2 is 1.96 bits per heavy atom. The van der Waals surface area contributed by atoms with Crippen molar-refractivity contribution in [2.75, 3.05) is 59.6 Å². The lowest BCUT2D eigenvalue weighted by atomic mass is 10.2. The fourth-order valence-electron chi connectivity index (χ4n) is 2.80. The molecule has 0 bridgehead atoms. The van der Waals surface area contributed by atoms with E-state index in [4.69, 9.17) is 21.1 Å². The Morgan fingerprint density at radius 3 is 2.63 bits per heavy atom. The molecule has 150 valence electrons. The standard InChI is InChI=1S/C19H28ClN3O4/c1-15-12-16(4-5-17(15)20)27-14-19(25)23-9-7-22(8-10-23)13-18(24)21-6-3-11-26-2/h4-5,12H,3,6-11,13-14H2,1-2H3,(H,21,24). The Kier molecular flexibility index (Phi) is 8.84. The summed E-state index contributed by atoms with van der Waals surface area (Å²) in [5.74, 6) is 0.590. The number of amides is 2. The number of hydrogen-bond donors (Lipinski definition) is 1. The van der Waals surface area contributed by atoms with Crippen LogP contribution in [0.3, 0.4) is 0 Å². The third kappa shape index (κ3) is 7.36. The number of carbonyl (C=O) groups excluding carboxylic acids is 2. The van der Waals surface area contributed by atoms with Gasteiger partial charge in [0.05, 0.1) is 6.54 Å². The molecule has 0 spiro atoms. The zero-order chi connectivity index (χ0) is 19.6. The second-order valence-electron chi connectivity index (χ2n) is 6.55. The first-order valence-corrected chi connectivity index (χ1v) is 9.52. The van der Waals surface area contributed by atoms with Crippen molar-refractivity contribution in [2.45, 2.75) is 13.3 Å². The van der Waals surface area contributed by atoms with Crippen LogP contribution in [0.15, 0.2) is 18.2 Å². The first-order valence-electron chi connectivity index (χ1n) is 9.14. The molecule has 2 rings (SSSR count). The minimum Gasteiger partial charge on any atom is -0.484 e. The summed E-state index contributed by atoms with van der Waals surface area (Å²) in [6.45, 7) is 6.05. The fourth-order valence-corrected chi connectivity index (χ4v) is 2.92. The second-order valence-corrected chi connectivity index (χ2v) is 6.96. The van der Waals surface area contributed by atoms with Crippen LogP contribution in [0.25, 0.3) is 0 Å². The van der Waals surface area contributed by atoms with Gasteiger partial charge in [-0.1, -0.05) is 11.6 Å². The third-order valence-corrected chi connectivity index (χ3v) is 4.86. The highest BCUT2D eigenvalue weighted by Crippen LogP contribution is 2.21. The van der Waals surface area contributed by atoms with E-state index in [1.165, 1.54) is 0 Å². The molecule has 1 saturated heterocycles. The van der Waals surface area contributed by atoms with Crippen molar-refractivity contribution in [3.8, 4) is 5.75 Å². The summed E-state index contributed by atoms with van der Waals surface area (Å²) in [6.07, 6.45) is 0.803. The monoisotopic (exact) mass is 397 g/mol. The van der Waals surface area contributed by atoms with Gasteiger partial charge in [-0.25, -0.2) is 0 Å². The quantitative estimate of drug-likeness (QED) is 0.636. The van der Waals surface area contributed by atoms with Crippen molar-refractivity contribution in [2.24, 2.45) is 0 Å². The van der Waals surface area contributed by atoms with Crippen LogP contribution in [0.2, 0.25) is 5.02 Å². The maximum absolute atomic E-state index is 12.3. The normalized spacial score (nSPS) is 14.9. The van der Waals surface area contributed by atoms with Gasteiger partial charge in [-0.05, 0) is 37.1 Å². The van der Waals surface area contributed by atoms with Crippen LogP contribution in [-0.4, -0.2) is 81.2 Å². The van der Waals surface area contributed by atoms with Gasteiger partial charge in [0, 0.05) is 51.5 Å². The van der Waals surface area contributed by atoms with Crippen molar-refractivity contribution in [3.63, 3.8) is 0 Å². The van der Waals surface area contributed by atoms with Crippen LogP contribution in [0, 0.1) is 6.92 Å². The van der Waals surface area contributed by atoms with Gasteiger partial charge >= 0.3 is 0 Å². The van der Waals surface area contributed by atoms with Gasteiger partial charge < -0.3 is 19.7 Å². The van der Waals surface area contributed by atoms with Crippen molar-refractivity contribution in [1.82, 2.24) is 15.1 Å². The van der Waals surface area contributed by atoms with Crippen LogP contribution < -0.4 is 10.1 Å². The van der Waals surface area contributed by atoms with Gasteiger partial charge in [-0.15, -0.1) is 0 Å². The Labute approximate surface area is 165 Å². The summed E-state index contributed by atoms with van der Waals surface area (Å²) in [4.78, 5) is 28.0. The summed E-state index contributed by atoms with van der Waals surface area (Å²) in [5, 5.41) is 3.55. The Morgan fingerprint density at radius 1 is 1.22 bits per heavy atom. The van der Waals surface area contributed by atoms with Gasteiger partial charge in [-0.2, -0.15) is 0 Å². The molecule has 0 atom stereocenters. The van der Waals surface area contributed by atoms with E-state index in [0.29, 0.717) is 56.6 Å². The number of benzene rings is 1. The lowest BCUT2D eigenvalue weighted by molar-refractivity contribution is -0.135. The number of piperazine rings is 1. The smallest absolute Gasteiger partial charge is 0.260 e. The zero-order valence-electron chi connectivity index (χ0n) is 16.0. The molecule has 0 aliphatic carbocycles. The van der Waals surface area contributed by atoms with E-state index in [1.807, 2.05) is 13.0 Å². The Bertz CT molecular complexity index is 633. The maximum atomic E-state index is 12.3. The van der Waals surface area contributed by atoms with Crippen molar-refractivity contribution in [3.05, 3.63) is 28.8 Å². The van der Waals surface area contributed by atoms with Crippen LogP contribution in [0.4, 0.5) is 0 Å². The van der Waals surface area contributed by atoms with E-state index in [0.717, 1.165) is 12.0 Å². The van der Waals surface area contributed by atoms with Crippen molar-refractivity contribution >= 4 is 23.4 Å². The fraction of sp³-hybridized carbons (Fsp3) is 0.579. The molecule has 1 aliphatic rings. The summed E-state index contributed by atoms with van der Waals surface area (Å²) in [6, 6.07) is 5.33. The molecule has 1 fully saturated rings. The number of aryl methyl sites for hydroxylation is 1. The van der Waals surface area contributed by atoms with E-state index >= 15 is 0 Å². The lowest BCUT2D eigenvalue weighted by Gasteiger charge is -2.34. The summed E-state index contributed by atoms with van der Waals surface area (Å²) in [5.41, 5.74) is 0.913. The predicted molar refractivity (Wildman–Crippen MR) is 104 cm³/mol. The van der Waals surface area contributed by atoms with Gasteiger partial charge in [0.2, 0.25) is 5.91 Å². The van der Waals surface area contributed by atoms with Gasteiger partial charge in [-0.3, -0.25) is 14.5 Å². The molecule has 0 saturated carbocycles. The number of rotatable bonds is 9. The van der Waals surface area contributed by atoms with Gasteiger partial charge in [0.25, 0.3) is 5.91 Å². The number of hydrogen-bond acceptors (Lipinski definition) is 5. The van der Waals surface area contributed by atoms with Crippen LogP contribution >= 0.6 is 11.6 Å². The molecule has 0 aromatic heterocycles. The first-order chi connectivity index (χ1) is 13.0. The highest BCUT2D eigenvalue weighted by Gasteiger charge is 2.22. The summed E-state index contributed by atoms with van der Waals surface area (Å²) in [7, 11) is 1.64. The van der Waals surface area contributed by atoms with E-state index < -0.39 is 0 Å². The van der Waals surface area contributed by atoms with Crippen LogP contribution in [-0.2, 0) is 14.3 Å². The van der Waals surface area contributed by atoms with Gasteiger partial charge in [0.1, 0.15) is 5.75 Å². The average Bonchev–Trinajstić information content (AvgIpc) is 2.66. The SMILES string of the molecule is COCCCNC(=O)CN1CCN(C(=O)COc2ccc(Cl)c(C)c2)CC1. The molecule has 1 aromatic rings. The third-order valence-electron chi connectivity index (χ3n) is 4.43. The molecule has 1 heterocycles. The molecule has 0 unspecified atom stereocenters. The molecule has 1 aliphatic heterocycles. The minimum absolute atomic E-state index is 0.00105. The predicted octanol–water partition coefficient (Wildman–Crippen LogP) is 1.32. The molecule has 0 radical (unpaired) electrons. The first kappa shape index (κ1) is 21.5. The molecule has 8 heteroatoms. The van der Waals surface area contributed by atoms with E-state index in [2.05, 4.69) is 10.2 Å². The average molecular weight is 398 g/mol. The van der Waals surface area contributed by atoms with E-state index in [1.54, 1.807) is 24.1 Å². The molecular formula is C19H28ClN3O4. The maximum Gasteiger partial charge on any atom is 0.260 e. The molecule has 1 N–H and O–H groups in total. The van der Waals surface area contributed by atoms with E-state index in [-0.39, 0.29) is 18.4 Å². The molecule has 1 aromatic carbocycles. The number of ether oxygens (including phenoxy) is 2. The highest BCUT2D eigenvalue weighted by atomic mass is 35.5. The number of halogens is 1. The summed E-state index contributed by atoms with van der Waals surface area (Å²) >= 11 is 5.99. The molecule has 27 heavy (non-hydrogen) atoms. The number of nitrogens with one attached hydrogen (secondary N) is 1. The number of nitrogens with zero attached hydrogens (tertiary/aromatic N) is 2. The van der Waals surface area contributed by atoms with E-state index in [9.17, 15) is 9.59 Å². The number of methoxy groups -OCH3 is 1. The van der Waals surface area contributed by atoms with Gasteiger partial charge in [0.15, 0.2) is 6.61 Å². The lowest BCUT2D eigenvalue weighted by Crippen LogP contribution is -2.52. The number of carbonyl (C=O) groups is 2. The highest BCUT2D eigenvalue weighted by molar-refractivity contribution is 6.31. The molecular weight excluding hydrogens is 370 g/mol. The van der Waals surface area contributed by atoms with Crippen molar-refractivity contribution in [1.29, 1.82) is 0 Å². The largest absolute Gasteiger partial charge is 0.484 e. The van der Waals surface area contributed by atoms with Crippen LogP contribution in [0.1, 0.15) is 12.0 Å². The zero-order valence-corrected chi connectivity index (χ0v) is 16.8. The Balaban J connectivity index is 1.66. The topological polar surface area (TPSA) is 71.1 Å². The second kappa shape index (κ2) is 11.1. The van der Waals surface area contributed by atoms with Crippen LogP contribution in [0.5, 0.6) is 5.75 Å². The van der Waals surface area contributed by atoms with Crippen molar-refractivity contribution < 1.29 is 19.1 Å². The molecule has 2 amide bonds. The Hall–Kier alpha value is -1.83. The minimum atomic E-state index is -0.0497. The molecule has 7 nitrogen and oxygen atoms in total.